The topological polar surface area (TPSA) is 39.7 Å². The molecule has 3 atom stereocenters. The van der Waals surface area contributed by atoms with Gasteiger partial charge in [0.2, 0.25) is 0 Å². The third-order valence-electron chi connectivity index (χ3n) is 4.48. The van der Waals surface area contributed by atoms with Crippen LogP contribution in [0.1, 0.15) is 38.5 Å². The van der Waals surface area contributed by atoms with Crippen LogP contribution in [-0.2, 0) is 14.2 Å². The maximum atomic E-state index is 5.95. The second-order valence-electron chi connectivity index (χ2n) is 5.90. The van der Waals surface area contributed by atoms with E-state index in [1.54, 1.807) is 0 Å². The van der Waals surface area contributed by atoms with Crippen molar-refractivity contribution in [1.29, 1.82) is 0 Å². The standard InChI is InChI=1S/C14H25NO3/c1-2-13(17-7-1)3-6-15-12-4-8-18-14(10-12)5-9-16-11-14/h12-13,15H,1-11H2. The van der Waals surface area contributed by atoms with Gasteiger partial charge in [0, 0.05) is 32.3 Å². The number of ether oxygens (including phenoxy) is 3. The first-order valence-electron chi connectivity index (χ1n) is 7.43. The number of hydrogen-bond donors (Lipinski definition) is 1. The van der Waals surface area contributed by atoms with Crippen LogP contribution in [0.15, 0.2) is 0 Å². The van der Waals surface area contributed by atoms with Crippen molar-refractivity contribution in [3.8, 4) is 0 Å². The Morgan fingerprint density at radius 3 is 2.94 bits per heavy atom. The van der Waals surface area contributed by atoms with E-state index >= 15 is 0 Å². The second kappa shape index (κ2) is 5.87. The lowest BCUT2D eigenvalue weighted by Crippen LogP contribution is -2.47. The Labute approximate surface area is 109 Å². The van der Waals surface area contributed by atoms with Crippen molar-refractivity contribution in [2.24, 2.45) is 0 Å². The molecule has 0 radical (unpaired) electrons. The van der Waals surface area contributed by atoms with Gasteiger partial charge < -0.3 is 19.5 Å². The summed E-state index contributed by atoms with van der Waals surface area (Å²) in [5.74, 6) is 0. The second-order valence-corrected chi connectivity index (χ2v) is 5.90. The number of rotatable bonds is 4. The van der Waals surface area contributed by atoms with Gasteiger partial charge in [-0.3, -0.25) is 0 Å². The number of nitrogens with one attached hydrogen (secondary N) is 1. The van der Waals surface area contributed by atoms with E-state index in [0.717, 1.165) is 58.7 Å². The van der Waals surface area contributed by atoms with Crippen molar-refractivity contribution in [3.63, 3.8) is 0 Å². The quantitative estimate of drug-likeness (QED) is 0.826. The smallest absolute Gasteiger partial charge is 0.0951 e. The van der Waals surface area contributed by atoms with Crippen molar-refractivity contribution in [2.45, 2.75) is 56.3 Å². The fourth-order valence-corrected chi connectivity index (χ4v) is 3.39. The van der Waals surface area contributed by atoms with Crippen LogP contribution < -0.4 is 5.32 Å². The highest BCUT2D eigenvalue weighted by Crippen LogP contribution is 2.32. The van der Waals surface area contributed by atoms with Crippen LogP contribution in [0, 0.1) is 0 Å². The van der Waals surface area contributed by atoms with E-state index in [2.05, 4.69) is 5.32 Å². The van der Waals surface area contributed by atoms with Gasteiger partial charge in [-0.2, -0.15) is 0 Å². The molecule has 1 N–H and O–H groups in total. The van der Waals surface area contributed by atoms with E-state index in [-0.39, 0.29) is 5.60 Å². The molecule has 1 spiro atoms. The predicted octanol–water partition coefficient (Wildman–Crippen LogP) is 1.48. The molecular formula is C14H25NO3. The van der Waals surface area contributed by atoms with Gasteiger partial charge in [0.05, 0.1) is 18.3 Å². The van der Waals surface area contributed by atoms with Crippen molar-refractivity contribution in [2.75, 3.05) is 33.0 Å². The molecule has 3 unspecified atom stereocenters. The summed E-state index contributed by atoms with van der Waals surface area (Å²) in [6, 6.07) is 0.599. The summed E-state index contributed by atoms with van der Waals surface area (Å²) in [5.41, 5.74) is 0.0276. The molecule has 0 aromatic carbocycles. The van der Waals surface area contributed by atoms with Crippen molar-refractivity contribution >= 4 is 0 Å². The molecule has 3 aliphatic heterocycles. The highest BCUT2D eigenvalue weighted by Gasteiger charge is 2.40. The Hall–Kier alpha value is -0.160. The molecule has 0 saturated carbocycles. The summed E-state index contributed by atoms with van der Waals surface area (Å²) in [5, 5.41) is 3.68. The molecule has 104 valence electrons. The van der Waals surface area contributed by atoms with Gasteiger partial charge in [0.25, 0.3) is 0 Å². The van der Waals surface area contributed by atoms with E-state index in [9.17, 15) is 0 Å². The molecule has 4 nitrogen and oxygen atoms in total. The zero-order valence-electron chi connectivity index (χ0n) is 11.2. The van der Waals surface area contributed by atoms with Gasteiger partial charge in [-0.15, -0.1) is 0 Å². The summed E-state index contributed by atoms with van der Waals surface area (Å²) in [7, 11) is 0. The molecule has 3 heterocycles. The largest absolute Gasteiger partial charge is 0.378 e. The molecule has 3 fully saturated rings. The summed E-state index contributed by atoms with van der Waals surface area (Å²) in [4.78, 5) is 0. The molecule has 0 aliphatic carbocycles. The van der Waals surface area contributed by atoms with Gasteiger partial charge in [0.1, 0.15) is 0 Å². The van der Waals surface area contributed by atoms with Gasteiger partial charge in [-0.05, 0) is 38.6 Å². The average Bonchev–Trinajstić information content (AvgIpc) is 3.02. The maximum Gasteiger partial charge on any atom is 0.0951 e. The lowest BCUT2D eigenvalue weighted by atomic mass is 9.89. The lowest BCUT2D eigenvalue weighted by molar-refractivity contribution is -0.0894. The Kier molecular flexibility index (Phi) is 4.19. The van der Waals surface area contributed by atoms with Crippen molar-refractivity contribution in [3.05, 3.63) is 0 Å². The van der Waals surface area contributed by atoms with Crippen LogP contribution in [0.25, 0.3) is 0 Å². The van der Waals surface area contributed by atoms with Crippen LogP contribution in [0.5, 0.6) is 0 Å². The maximum absolute atomic E-state index is 5.95. The van der Waals surface area contributed by atoms with E-state index in [1.165, 1.54) is 12.8 Å². The Morgan fingerprint density at radius 1 is 1.17 bits per heavy atom. The SMILES string of the molecule is C1COC(CCNC2CCOC3(CCOC3)C2)C1. The van der Waals surface area contributed by atoms with Crippen LogP contribution in [0.2, 0.25) is 0 Å². The molecule has 0 amide bonds. The van der Waals surface area contributed by atoms with Crippen LogP contribution in [-0.4, -0.2) is 50.7 Å². The Balaban J connectivity index is 1.39. The monoisotopic (exact) mass is 255 g/mol. The molecule has 0 aromatic rings. The third kappa shape index (κ3) is 3.05. The number of hydrogen-bond acceptors (Lipinski definition) is 4. The highest BCUT2D eigenvalue weighted by atomic mass is 16.6. The lowest BCUT2D eigenvalue weighted by Gasteiger charge is -2.37. The first-order valence-corrected chi connectivity index (χ1v) is 7.43. The molecular weight excluding hydrogens is 230 g/mol. The molecule has 0 bridgehead atoms. The average molecular weight is 255 g/mol. The minimum absolute atomic E-state index is 0.0276. The van der Waals surface area contributed by atoms with Gasteiger partial charge in [-0.1, -0.05) is 0 Å². The molecule has 0 aromatic heterocycles. The molecule has 3 saturated heterocycles. The van der Waals surface area contributed by atoms with E-state index in [0.29, 0.717) is 12.1 Å². The zero-order valence-corrected chi connectivity index (χ0v) is 11.2. The predicted molar refractivity (Wildman–Crippen MR) is 68.7 cm³/mol. The minimum Gasteiger partial charge on any atom is -0.378 e. The van der Waals surface area contributed by atoms with E-state index in [1.807, 2.05) is 0 Å². The third-order valence-corrected chi connectivity index (χ3v) is 4.48. The fourth-order valence-electron chi connectivity index (χ4n) is 3.39. The molecule has 4 heteroatoms. The Morgan fingerprint density at radius 2 is 2.17 bits per heavy atom. The Bertz CT molecular complexity index is 260. The van der Waals surface area contributed by atoms with Gasteiger partial charge in [0.15, 0.2) is 0 Å². The highest BCUT2D eigenvalue weighted by molar-refractivity contribution is 4.92. The first-order chi connectivity index (χ1) is 8.86. The van der Waals surface area contributed by atoms with Crippen molar-refractivity contribution in [1.82, 2.24) is 5.32 Å². The van der Waals surface area contributed by atoms with E-state index in [4.69, 9.17) is 14.2 Å². The van der Waals surface area contributed by atoms with Gasteiger partial charge >= 0.3 is 0 Å². The van der Waals surface area contributed by atoms with E-state index < -0.39 is 0 Å². The first kappa shape index (κ1) is 12.9. The summed E-state index contributed by atoms with van der Waals surface area (Å²) in [6.45, 7) is 4.56. The zero-order chi connectivity index (χ0) is 12.3. The summed E-state index contributed by atoms with van der Waals surface area (Å²) < 4.78 is 17.1. The minimum atomic E-state index is 0.0276. The molecule has 3 aliphatic rings. The van der Waals surface area contributed by atoms with Gasteiger partial charge in [-0.25, -0.2) is 0 Å². The van der Waals surface area contributed by atoms with Crippen LogP contribution in [0.4, 0.5) is 0 Å². The van der Waals surface area contributed by atoms with Crippen LogP contribution in [0.3, 0.4) is 0 Å². The molecule has 18 heavy (non-hydrogen) atoms. The molecule has 3 rings (SSSR count). The van der Waals surface area contributed by atoms with Crippen molar-refractivity contribution < 1.29 is 14.2 Å². The van der Waals surface area contributed by atoms with Crippen LogP contribution >= 0.6 is 0 Å². The summed E-state index contributed by atoms with van der Waals surface area (Å²) in [6.07, 6.45) is 7.44. The fraction of sp³-hybridized carbons (Fsp3) is 1.00. The summed E-state index contributed by atoms with van der Waals surface area (Å²) >= 11 is 0. The normalized spacial score (nSPS) is 40.7.